The number of hydrogen-bond acceptors (Lipinski definition) is 3. The Morgan fingerprint density at radius 1 is 1.40 bits per heavy atom. The van der Waals surface area contributed by atoms with E-state index in [4.69, 9.17) is 21.3 Å². The van der Waals surface area contributed by atoms with E-state index in [0.717, 1.165) is 0 Å². The van der Waals surface area contributed by atoms with E-state index in [1.807, 2.05) is 6.07 Å². The van der Waals surface area contributed by atoms with E-state index < -0.39 is 11.7 Å². The third kappa shape index (κ3) is 2.81. The summed E-state index contributed by atoms with van der Waals surface area (Å²) in [4.78, 5) is 13.6. The van der Waals surface area contributed by atoms with Gasteiger partial charge in [0.15, 0.2) is 0 Å². The second-order valence-corrected chi connectivity index (χ2v) is 4.27. The lowest BCUT2D eigenvalue weighted by Gasteiger charge is -2.21. The molecular weight excluding hydrogens is 283 g/mol. The molecule has 1 heterocycles. The minimum absolute atomic E-state index is 0.0618. The molecule has 0 radical (unpaired) electrons. The Morgan fingerprint density at radius 3 is 2.75 bits per heavy atom. The van der Waals surface area contributed by atoms with Crippen LogP contribution >= 0.6 is 11.6 Å². The number of halogens is 2. The van der Waals surface area contributed by atoms with Crippen molar-refractivity contribution in [1.29, 1.82) is 5.26 Å². The maximum atomic E-state index is 13.8. The second-order valence-electron chi connectivity index (χ2n) is 3.92. The third-order valence-electron chi connectivity index (χ3n) is 2.68. The summed E-state index contributed by atoms with van der Waals surface area (Å²) in [5, 5.41) is 8.61. The number of carbonyl (C=O) groups excluding carboxylic acids is 1. The molecule has 0 spiro atoms. The fraction of sp³-hybridized carbons (Fsp3) is 0.143. The van der Waals surface area contributed by atoms with Crippen LogP contribution in [-0.2, 0) is 0 Å². The van der Waals surface area contributed by atoms with Crippen molar-refractivity contribution in [2.24, 2.45) is 0 Å². The van der Waals surface area contributed by atoms with Gasteiger partial charge in [0.05, 0.1) is 30.0 Å². The highest BCUT2D eigenvalue weighted by atomic mass is 35.5. The summed E-state index contributed by atoms with van der Waals surface area (Å²) in [7, 11) is 0. The van der Waals surface area contributed by atoms with Gasteiger partial charge in [-0.15, -0.1) is 0 Å². The lowest BCUT2D eigenvalue weighted by Crippen LogP contribution is -2.32. The molecule has 0 aliphatic carbocycles. The average molecular weight is 293 g/mol. The SMILES string of the molecule is N#CCCN(C(=O)c1ccoc1Cl)c1ccccc1F. The molecule has 0 aliphatic heterocycles. The van der Waals surface area contributed by atoms with Gasteiger partial charge in [0, 0.05) is 6.54 Å². The number of furan rings is 1. The van der Waals surface area contributed by atoms with Crippen LogP contribution in [0.3, 0.4) is 0 Å². The van der Waals surface area contributed by atoms with E-state index in [0.29, 0.717) is 0 Å². The lowest BCUT2D eigenvalue weighted by molar-refractivity contribution is 0.0986. The molecule has 4 nitrogen and oxygen atoms in total. The first-order valence-corrected chi connectivity index (χ1v) is 6.19. The summed E-state index contributed by atoms with van der Waals surface area (Å²) in [5.74, 6) is -1.05. The quantitative estimate of drug-likeness (QED) is 0.864. The van der Waals surface area contributed by atoms with Crippen molar-refractivity contribution in [2.45, 2.75) is 6.42 Å². The number of hydrogen-bond donors (Lipinski definition) is 0. The molecule has 0 unspecified atom stereocenters. The van der Waals surface area contributed by atoms with Crippen LogP contribution in [0.5, 0.6) is 0 Å². The molecule has 0 bridgehead atoms. The van der Waals surface area contributed by atoms with Crippen molar-refractivity contribution >= 4 is 23.2 Å². The highest BCUT2D eigenvalue weighted by Crippen LogP contribution is 2.24. The molecule has 0 aliphatic rings. The molecule has 1 aromatic heterocycles. The van der Waals surface area contributed by atoms with Gasteiger partial charge in [-0.25, -0.2) is 4.39 Å². The van der Waals surface area contributed by atoms with Gasteiger partial charge in [-0.1, -0.05) is 12.1 Å². The van der Waals surface area contributed by atoms with Gasteiger partial charge in [0.25, 0.3) is 5.91 Å². The molecular formula is C14H10ClFN2O2. The van der Waals surface area contributed by atoms with Crippen molar-refractivity contribution in [3.63, 3.8) is 0 Å². The zero-order valence-electron chi connectivity index (χ0n) is 10.3. The normalized spacial score (nSPS) is 10.1. The molecule has 2 rings (SSSR count). The number of para-hydroxylation sites is 1. The molecule has 0 N–H and O–H groups in total. The number of rotatable bonds is 4. The zero-order valence-corrected chi connectivity index (χ0v) is 11.1. The summed E-state index contributed by atoms with van der Waals surface area (Å²) in [6.07, 6.45) is 1.36. The van der Waals surface area contributed by atoms with Gasteiger partial charge < -0.3 is 9.32 Å². The Hall–Kier alpha value is -2.32. The van der Waals surface area contributed by atoms with E-state index in [9.17, 15) is 9.18 Å². The minimum atomic E-state index is -0.543. The predicted octanol–water partition coefficient (Wildman–Crippen LogP) is 3.63. The molecule has 0 fully saturated rings. The standard InChI is InChI=1S/C14H10ClFN2O2/c15-13-10(6-9-20-13)14(19)18(8-3-7-17)12-5-2-1-4-11(12)16/h1-2,4-6,9H,3,8H2. The molecule has 0 saturated carbocycles. The van der Waals surface area contributed by atoms with E-state index in [1.54, 1.807) is 6.07 Å². The van der Waals surface area contributed by atoms with Crippen LogP contribution in [0.25, 0.3) is 0 Å². The molecule has 6 heteroatoms. The van der Waals surface area contributed by atoms with E-state index in [2.05, 4.69) is 0 Å². The van der Waals surface area contributed by atoms with Crippen LogP contribution < -0.4 is 4.90 Å². The maximum absolute atomic E-state index is 13.8. The monoisotopic (exact) mass is 292 g/mol. The lowest BCUT2D eigenvalue weighted by atomic mass is 10.2. The Kier molecular flexibility index (Phi) is 4.38. The van der Waals surface area contributed by atoms with Crippen LogP contribution in [0, 0.1) is 17.1 Å². The van der Waals surface area contributed by atoms with Crippen molar-refractivity contribution in [3.05, 3.63) is 53.2 Å². The summed E-state index contributed by atoms with van der Waals surface area (Å²) in [6, 6.07) is 9.19. The number of amides is 1. The highest BCUT2D eigenvalue weighted by molar-refractivity contribution is 6.32. The van der Waals surface area contributed by atoms with Crippen LogP contribution in [-0.4, -0.2) is 12.5 Å². The zero-order chi connectivity index (χ0) is 14.5. The van der Waals surface area contributed by atoms with Crippen molar-refractivity contribution in [1.82, 2.24) is 0 Å². The minimum Gasteiger partial charge on any atom is -0.452 e. The smallest absolute Gasteiger partial charge is 0.263 e. The van der Waals surface area contributed by atoms with Crippen molar-refractivity contribution < 1.29 is 13.6 Å². The van der Waals surface area contributed by atoms with Gasteiger partial charge in [-0.2, -0.15) is 5.26 Å². The molecule has 20 heavy (non-hydrogen) atoms. The molecule has 102 valence electrons. The van der Waals surface area contributed by atoms with Gasteiger partial charge in [0.2, 0.25) is 5.22 Å². The van der Waals surface area contributed by atoms with Gasteiger partial charge >= 0.3 is 0 Å². The third-order valence-corrected chi connectivity index (χ3v) is 2.98. The van der Waals surface area contributed by atoms with Crippen molar-refractivity contribution in [2.75, 3.05) is 11.4 Å². The fourth-order valence-electron chi connectivity index (χ4n) is 1.76. The first-order valence-electron chi connectivity index (χ1n) is 5.81. The first kappa shape index (κ1) is 14.1. The molecule has 0 atom stereocenters. The molecule has 1 amide bonds. The summed E-state index contributed by atoms with van der Waals surface area (Å²) < 4.78 is 18.7. The van der Waals surface area contributed by atoms with Crippen molar-refractivity contribution in [3.8, 4) is 6.07 Å². The summed E-state index contributed by atoms with van der Waals surface area (Å²) in [5.41, 5.74) is 0.234. The predicted molar refractivity (Wildman–Crippen MR) is 72.0 cm³/mol. The first-order chi connectivity index (χ1) is 9.65. The maximum Gasteiger partial charge on any atom is 0.263 e. The Labute approximate surface area is 120 Å². The summed E-state index contributed by atoms with van der Waals surface area (Å²) >= 11 is 5.77. The number of nitriles is 1. The fourth-order valence-corrected chi connectivity index (χ4v) is 1.95. The van der Waals surface area contributed by atoms with E-state index in [1.165, 1.54) is 35.4 Å². The average Bonchev–Trinajstić information content (AvgIpc) is 2.87. The van der Waals surface area contributed by atoms with Crippen LogP contribution in [0.4, 0.5) is 10.1 Å². The van der Waals surface area contributed by atoms with Gasteiger partial charge in [-0.05, 0) is 29.8 Å². The van der Waals surface area contributed by atoms with Gasteiger partial charge in [-0.3, -0.25) is 4.79 Å². The summed E-state index contributed by atoms with van der Waals surface area (Å²) in [6.45, 7) is 0.0672. The number of carbonyl (C=O) groups is 1. The number of nitrogens with zero attached hydrogens (tertiary/aromatic N) is 2. The molecule has 0 saturated heterocycles. The van der Waals surface area contributed by atoms with Gasteiger partial charge in [0.1, 0.15) is 5.82 Å². The van der Waals surface area contributed by atoms with Crippen LogP contribution in [0.2, 0.25) is 5.22 Å². The topological polar surface area (TPSA) is 57.2 Å². The number of benzene rings is 1. The molecule has 1 aromatic carbocycles. The van der Waals surface area contributed by atoms with E-state index in [-0.39, 0.29) is 29.4 Å². The highest BCUT2D eigenvalue weighted by Gasteiger charge is 2.23. The Morgan fingerprint density at radius 2 is 2.15 bits per heavy atom. The van der Waals surface area contributed by atoms with Crippen LogP contribution in [0.1, 0.15) is 16.8 Å². The second kappa shape index (κ2) is 6.22. The Balaban J connectivity index is 2.39. The molecule has 2 aromatic rings. The number of anilines is 1. The van der Waals surface area contributed by atoms with Crippen LogP contribution in [0.15, 0.2) is 41.0 Å². The van der Waals surface area contributed by atoms with E-state index >= 15 is 0 Å². The largest absolute Gasteiger partial charge is 0.452 e. The Bertz CT molecular complexity index is 663.